The number of hydrogen-bond donors (Lipinski definition) is 0. The molecule has 70 valence electrons. The highest BCUT2D eigenvalue weighted by molar-refractivity contribution is 5.77. The summed E-state index contributed by atoms with van der Waals surface area (Å²) in [7, 11) is 0. The lowest BCUT2D eigenvalue weighted by atomic mass is 10.1. The SMILES string of the molecule is CCCOC(=O)CC(C)C(=O)[O-]. The van der Waals surface area contributed by atoms with Gasteiger partial charge in [-0.2, -0.15) is 0 Å². The van der Waals surface area contributed by atoms with Crippen molar-refractivity contribution in [3.8, 4) is 0 Å². The maximum atomic E-state index is 10.8. The van der Waals surface area contributed by atoms with Crippen molar-refractivity contribution >= 4 is 11.9 Å². The zero-order chi connectivity index (χ0) is 9.56. The highest BCUT2D eigenvalue weighted by Crippen LogP contribution is 2.01. The summed E-state index contributed by atoms with van der Waals surface area (Å²) in [6, 6.07) is 0. The van der Waals surface area contributed by atoms with Gasteiger partial charge >= 0.3 is 5.97 Å². The van der Waals surface area contributed by atoms with Crippen LogP contribution in [0.1, 0.15) is 26.7 Å². The summed E-state index contributed by atoms with van der Waals surface area (Å²) in [6.45, 7) is 3.64. The molecule has 0 aliphatic rings. The van der Waals surface area contributed by atoms with E-state index >= 15 is 0 Å². The van der Waals surface area contributed by atoms with Crippen molar-refractivity contribution in [2.75, 3.05) is 6.61 Å². The second-order valence-corrected chi connectivity index (χ2v) is 2.64. The maximum absolute atomic E-state index is 10.8. The van der Waals surface area contributed by atoms with Gasteiger partial charge in [0.25, 0.3) is 0 Å². The molecule has 1 atom stereocenters. The highest BCUT2D eigenvalue weighted by atomic mass is 16.5. The van der Waals surface area contributed by atoms with Gasteiger partial charge in [-0.1, -0.05) is 13.8 Å². The van der Waals surface area contributed by atoms with Crippen LogP contribution < -0.4 is 5.11 Å². The van der Waals surface area contributed by atoms with Gasteiger partial charge in [0.2, 0.25) is 0 Å². The quantitative estimate of drug-likeness (QED) is 0.536. The largest absolute Gasteiger partial charge is 0.550 e. The first-order valence-electron chi connectivity index (χ1n) is 3.94. The predicted octanol–water partition coefficient (Wildman–Crippen LogP) is -0.284. The van der Waals surface area contributed by atoms with Gasteiger partial charge in [-0.3, -0.25) is 4.79 Å². The summed E-state index contributed by atoms with van der Waals surface area (Å²) in [5, 5.41) is 10.2. The molecular formula is C8H13O4-. The molecule has 0 aliphatic carbocycles. The van der Waals surface area contributed by atoms with Gasteiger partial charge < -0.3 is 14.6 Å². The fourth-order valence-electron chi connectivity index (χ4n) is 0.608. The van der Waals surface area contributed by atoms with E-state index in [9.17, 15) is 14.7 Å². The number of aliphatic carboxylic acids is 1. The molecule has 0 rings (SSSR count). The molecule has 0 aliphatic heterocycles. The zero-order valence-corrected chi connectivity index (χ0v) is 7.33. The number of esters is 1. The van der Waals surface area contributed by atoms with Crippen molar-refractivity contribution in [1.29, 1.82) is 0 Å². The Kier molecular flexibility index (Phi) is 5.08. The third-order valence-corrected chi connectivity index (χ3v) is 1.34. The highest BCUT2D eigenvalue weighted by Gasteiger charge is 2.10. The average Bonchev–Trinajstić information content (AvgIpc) is 2.00. The molecule has 0 radical (unpaired) electrons. The van der Waals surface area contributed by atoms with E-state index in [-0.39, 0.29) is 6.42 Å². The molecule has 12 heavy (non-hydrogen) atoms. The molecular weight excluding hydrogens is 160 g/mol. The number of carboxylic acid groups (broad SMARTS) is 1. The Balaban J connectivity index is 3.61. The minimum absolute atomic E-state index is 0.109. The van der Waals surface area contributed by atoms with Gasteiger partial charge in [0.15, 0.2) is 0 Å². The number of carboxylic acids is 1. The van der Waals surface area contributed by atoms with Crippen molar-refractivity contribution in [2.45, 2.75) is 26.7 Å². The van der Waals surface area contributed by atoms with Crippen LogP contribution in [-0.4, -0.2) is 18.5 Å². The molecule has 0 fully saturated rings. The van der Waals surface area contributed by atoms with Crippen LogP contribution in [0.2, 0.25) is 0 Å². The van der Waals surface area contributed by atoms with Crippen LogP contribution in [0.4, 0.5) is 0 Å². The number of carbonyl (C=O) groups is 2. The van der Waals surface area contributed by atoms with Gasteiger partial charge in [-0.25, -0.2) is 0 Å². The Morgan fingerprint density at radius 3 is 2.50 bits per heavy atom. The van der Waals surface area contributed by atoms with Crippen LogP contribution in [0.5, 0.6) is 0 Å². The zero-order valence-electron chi connectivity index (χ0n) is 7.33. The van der Waals surface area contributed by atoms with E-state index in [4.69, 9.17) is 0 Å². The summed E-state index contributed by atoms with van der Waals surface area (Å²) in [4.78, 5) is 21.0. The minimum Gasteiger partial charge on any atom is -0.550 e. The standard InChI is InChI=1S/C8H14O4/c1-3-4-12-7(9)5-6(2)8(10)11/h6H,3-5H2,1-2H3,(H,10,11)/p-1. The van der Waals surface area contributed by atoms with Gasteiger partial charge in [-0.15, -0.1) is 0 Å². The van der Waals surface area contributed by atoms with Gasteiger partial charge in [0.05, 0.1) is 13.0 Å². The molecule has 0 amide bonds. The predicted molar refractivity (Wildman–Crippen MR) is 40.0 cm³/mol. The maximum Gasteiger partial charge on any atom is 0.306 e. The monoisotopic (exact) mass is 173 g/mol. The summed E-state index contributed by atoms with van der Waals surface area (Å²) >= 11 is 0. The lowest BCUT2D eigenvalue weighted by Gasteiger charge is -2.10. The molecule has 4 heteroatoms. The third-order valence-electron chi connectivity index (χ3n) is 1.34. The molecule has 0 aromatic heterocycles. The lowest BCUT2D eigenvalue weighted by Crippen LogP contribution is -2.31. The smallest absolute Gasteiger partial charge is 0.306 e. The van der Waals surface area contributed by atoms with E-state index in [0.717, 1.165) is 6.42 Å². The van der Waals surface area contributed by atoms with E-state index in [0.29, 0.717) is 6.61 Å². The average molecular weight is 173 g/mol. The second-order valence-electron chi connectivity index (χ2n) is 2.64. The Hall–Kier alpha value is -1.06. The van der Waals surface area contributed by atoms with Crippen LogP contribution in [0.3, 0.4) is 0 Å². The van der Waals surface area contributed by atoms with Crippen LogP contribution in [0.15, 0.2) is 0 Å². The molecule has 4 nitrogen and oxygen atoms in total. The molecule has 0 saturated heterocycles. The molecule has 1 unspecified atom stereocenters. The van der Waals surface area contributed by atoms with Crippen LogP contribution in [-0.2, 0) is 14.3 Å². The first-order valence-corrected chi connectivity index (χ1v) is 3.94. The first kappa shape index (κ1) is 10.9. The molecule has 0 aromatic rings. The van der Waals surface area contributed by atoms with Crippen molar-refractivity contribution < 1.29 is 19.4 Å². The summed E-state index contributed by atoms with van der Waals surface area (Å²) in [5.41, 5.74) is 0. The van der Waals surface area contributed by atoms with Crippen LogP contribution >= 0.6 is 0 Å². The van der Waals surface area contributed by atoms with Crippen molar-refractivity contribution in [3.05, 3.63) is 0 Å². The van der Waals surface area contributed by atoms with E-state index in [1.165, 1.54) is 6.92 Å². The Labute approximate surface area is 71.5 Å². The molecule has 0 N–H and O–H groups in total. The minimum atomic E-state index is -1.22. The van der Waals surface area contributed by atoms with Crippen molar-refractivity contribution in [3.63, 3.8) is 0 Å². The normalized spacial score (nSPS) is 12.2. The fraction of sp³-hybridized carbons (Fsp3) is 0.750. The summed E-state index contributed by atoms with van der Waals surface area (Å²) < 4.78 is 4.68. The summed E-state index contributed by atoms with van der Waals surface area (Å²) in [5.74, 6) is -2.47. The molecule has 0 bridgehead atoms. The number of rotatable bonds is 5. The second kappa shape index (κ2) is 5.57. The Morgan fingerprint density at radius 1 is 1.50 bits per heavy atom. The van der Waals surface area contributed by atoms with E-state index < -0.39 is 17.9 Å². The third kappa shape index (κ3) is 4.71. The fourth-order valence-corrected chi connectivity index (χ4v) is 0.608. The van der Waals surface area contributed by atoms with E-state index in [1.807, 2.05) is 6.92 Å². The van der Waals surface area contributed by atoms with Crippen LogP contribution in [0, 0.1) is 5.92 Å². The van der Waals surface area contributed by atoms with Gasteiger partial charge in [-0.05, 0) is 6.42 Å². The summed E-state index contributed by atoms with van der Waals surface area (Å²) in [6.07, 6.45) is 0.633. The Morgan fingerprint density at radius 2 is 2.08 bits per heavy atom. The van der Waals surface area contributed by atoms with E-state index in [1.54, 1.807) is 0 Å². The van der Waals surface area contributed by atoms with E-state index in [2.05, 4.69) is 4.74 Å². The lowest BCUT2D eigenvalue weighted by molar-refractivity contribution is -0.311. The molecule has 0 aromatic carbocycles. The van der Waals surface area contributed by atoms with Gasteiger partial charge in [0.1, 0.15) is 0 Å². The Bertz CT molecular complexity index is 164. The molecule has 0 spiro atoms. The van der Waals surface area contributed by atoms with Crippen molar-refractivity contribution in [2.24, 2.45) is 5.92 Å². The number of carbonyl (C=O) groups excluding carboxylic acids is 2. The number of hydrogen-bond acceptors (Lipinski definition) is 4. The molecule has 0 heterocycles. The van der Waals surface area contributed by atoms with Crippen LogP contribution in [0.25, 0.3) is 0 Å². The van der Waals surface area contributed by atoms with Gasteiger partial charge in [0, 0.05) is 11.9 Å². The number of ether oxygens (including phenoxy) is 1. The van der Waals surface area contributed by atoms with Crippen molar-refractivity contribution in [1.82, 2.24) is 0 Å². The first-order chi connectivity index (χ1) is 5.57. The molecule has 0 saturated carbocycles. The topological polar surface area (TPSA) is 66.4 Å².